The van der Waals surface area contributed by atoms with E-state index in [0.29, 0.717) is 17.9 Å². The Balaban J connectivity index is 3.08. The van der Waals surface area contributed by atoms with Gasteiger partial charge in [-0.05, 0) is 13.3 Å². The maximum absolute atomic E-state index is 12.3. The van der Waals surface area contributed by atoms with Crippen LogP contribution in [0.2, 0.25) is 0 Å². The fourth-order valence-corrected chi connectivity index (χ4v) is 3.36. The minimum Gasteiger partial charge on any atom is -0.281 e. The molecule has 7 heteroatoms. The molecule has 17 heavy (non-hydrogen) atoms. The topological polar surface area (TPSA) is 66.1 Å². The Morgan fingerprint density at radius 3 is 2.65 bits per heavy atom. The van der Waals surface area contributed by atoms with Gasteiger partial charge in [-0.1, -0.05) is 13.3 Å². The number of aromatic amines is 1. The van der Waals surface area contributed by atoms with Crippen LogP contribution in [0.4, 0.5) is 0 Å². The number of sulfonamides is 1. The minimum absolute atomic E-state index is 0.0839. The zero-order valence-corrected chi connectivity index (χ0v) is 11.9. The Bertz CT molecular complexity index is 470. The predicted octanol–water partition coefficient (Wildman–Crippen LogP) is 1.88. The van der Waals surface area contributed by atoms with Crippen molar-refractivity contribution in [3.8, 4) is 0 Å². The lowest BCUT2D eigenvalue weighted by Gasteiger charge is -2.16. The number of hydrogen-bond acceptors (Lipinski definition) is 3. The number of unbranched alkanes of at least 4 members (excludes halogenated alkanes) is 1. The van der Waals surface area contributed by atoms with Crippen LogP contribution in [0.15, 0.2) is 4.90 Å². The molecule has 0 amide bonds. The first-order chi connectivity index (χ1) is 7.95. The molecule has 98 valence electrons. The molecule has 0 radical (unpaired) electrons. The summed E-state index contributed by atoms with van der Waals surface area (Å²) in [5.41, 5.74) is 0.913. The highest BCUT2D eigenvalue weighted by Gasteiger charge is 2.27. The van der Waals surface area contributed by atoms with Crippen molar-refractivity contribution < 1.29 is 8.42 Å². The van der Waals surface area contributed by atoms with Crippen LogP contribution in [0.3, 0.4) is 0 Å². The maximum atomic E-state index is 12.3. The average molecular weight is 280 g/mol. The molecule has 0 bridgehead atoms. The second-order valence-corrected chi connectivity index (χ2v) is 6.19. The van der Waals surface area contributed by atoms with E-state index in [1.807, 2.05) is 6.92 Å². The van der Waals surface area contributed by atoms with Crippen LogP contribution in [-0.4, -0.2) is 36.5 Å². The van der Waals surface area contributed by atoms with Crippen LogP contribution in [0.5, 0.6) is 0 Å². The molecule has 5 nitrogen and oxygen atoms in total. The van der Waals surface area contributed by atoms with E-state index in [1.165, 1.54) is 4.31 Å². The van der Waals surface area contributed by atoms with Gasteiger partial charge in [0, 0.05) is 13.6 Å². The summed E-state index contributed by atoms with van der Waals surface area (Å²) in [6, 6.07) is 0. The number of H-pyrrole nitrogens is 1. The van der Waals surface area contributed by atoms with Crippen molar-refractivity contribution in [2.24, 2.45) is 0 Å². The molecule has 0 aromatic carbocycles. The van der Waals surface area contributed by atoms with Crippen LogP contribution < -0.4 is 0 Å². The van der Waals surface area contributed by atoms with Gasteiger partial charge in [0.15, 0.2) is 0 Å². The minimum atomic E-state index is -3.49. The summed E-state index contributed by atoms with van der Waals surface area (Å²) < 4.78 is 26.0. The molecule has 0 aliphatic carbocycles. The van der Waals surface area contributed by atoms with E-state index in [1.54, 1.807) is 14.0 Å². The molecular weight excluding hydrogens is 262 g/mol. The Morgan fingerprint density at radius 2 is 2.12 bits per heavy atom. The van der Waals surface area contributed by atoms with Crippen molar-refractivity contribution >= 4 is 21.6 Å². The van der Waals surface area contributed by atoms with E-state index in [9.17, 15) is 8.42 Å². The SMILES string of the molecule is CCCCN(C)S(=O)(=O)c1c(CCl)n[nH]c1C. The molecule has 1 heterocycles. The second kappa shape index (κ2) is 5.84. The van der Waals surface area contributed by atoms with Crippen molar-refractivity contribution in [1.82, 2.24) is 14.5 Å². The van der Waals surface area contributed by atoms with Crippen LogP contribution in [-0.2, 0) is 15.9 Å². The Labute approximate surface area is 107 Å². The van der Waals surface area contributed by atoms with Crippen molar-refractivity contribution in [2.45, 2.75) is 37.5 Å². The Kier molecular flexibility index (Phi) is 4.97. The number of hydrogen-bond donors (Lipinski definition) is 1. The van der Waals surface area contributed by atoms with Crippen LogP contribution in [0, 0.1) is 6.92 Å². The van der Waals surface area contributed by atoms with Crippen molar-refractivity contribution in [3.63, 3.8) is 0 Å². The Hall–Kier alpha value is -0.590. The Morgan fingerprint density at radius 1 is 1.47 bits per heavy atom. The maximum Gasteiger partial charge on any atom is 0.246 e. The van der Waals surface area contributed by atoms with E-state index in [0.717, 1.165) is 12.8 Å². The van der Waals surface area contributed by atoms with Gasteiger partial charge in [-0.3, -0.25) is 5.10 Å². The lowest BCUT2D eigenvalue weighted by molar-refractivity contribution is 0.458. The van der Waals surface area contributed by atoms with Crippen molar-refractivity contribution in [1.29, 1.82) is 0 Å². The molecule has 0 unspecified atom stereocenters. The summed E-state index contributed by atoms with van der Waals surface area (Å²) in [5.74, 6) is 0.0839. The normalized spacial score (nSPS) is 12.3. The van der Waals surface area contributed by atoms with Gasteiger partial charge in [0.05, 0.1) is 17.3 Å². The van der Waals surface area contributed by atoms with Crippen LogP contribution >= 0.6 is 11.6 Å². The van der Waals surface area contributed by atoms with Gasteiger partial charge in [0.2, 0.25) is 10.0 Å². The lowest BCUT2D eigenvalue weighted by Crippen LogP contribution is -2.28. The smallest absolute Gasteiger partial charge is 0.246 e. The van der Waals surface area contributed by atoms with E-state index in [2.05, 4.69) is 10.2 Å². The zero-order chi connectivity index (χ0) is 13.1. The molecule has 1 rings (SSSR count). The lowest BCUT2D eigenvalue weighted by atomic mass is 10.3. The first kappa shape index (κ1) is 14.5. The number of alkyl halides is 1. The molecule has 0 saturated carbocycles. The third kappa shape index (κ3) is 3.00. The molecule has 0 spiro atoms. The molecule has 0 saturated heterocycles. The zero-order valence-electron chi connectivity index (χ0n) is 10.3. The molecular formula is C10H18ClN3O2S. The third-order valence-electron chi connectivity index (χ3n) is 2.58. The van der Waals surface area contributed by atoms with E-state index >= 15 is 0 Å². The number of nitrogens with one attached hydrogen (secondary N) is 1. The van der Waals surface area contributed by atoms with Gasteiger partial charge < -0.3 is 0 Å². The summed E-state index contributed by atoms with van der Waals surface area (Å²) in [5, 5.41) is 6.57. The summed E-state index contributed by atoms with van der Waals surface area (Å²) in [6.45, 7) is 4.21. The van der Waals surface area contributed by atoms with E-state index in [4.69, 9.17) is 11.6 Å². The fourth-order valence-electron chi connectivity index (χ4n) is 1.56. The summed E-state index contributed by atoms with van der Waals surface area (Å²) >= 11 is 5.70. The van der Waals surface area contributed by atoms with Gasteiger partial charge in [0.25, 0.3) is 0 Å². The van der Waals surface area contributed by atoms with Gasteiger partial charge in [-0.15, -0.1) is 11.6 Å². The highest BCUT2D eigenvalue weighted by molar-refractivity contribution is 7.89. The standard InChI is InChI=1S/C10H18ClN3O2S/c1-4-5-6-14(3)17(15,16)10-8(2)12-13-9(10)7-11/h4-7H2,1-3H3,(H,12,13). The van der Waals surface area contributed by atoms with E-state index in [-0.39, 0.29) is 10.8 Å². The largest absolute Gasteiger partial charge is 0.281 e. The number of rotatable bonds is 6. The monoisotopic (exact) mass is 279 g/mol. The van der Waals surface area contributed by atoms with E-state index < -0.39 is 10.0 Å². The third-order valence-corrected chi connectivity index (χ3v) is 4.90. The van der Waals surface area contributed by atoms with Crippen LogP contribution in [0.1, 0.15) is 31.2 Å². The van der Waals surface area contributed by atoms with Crippen molar-refractivity contribution in [2.75, 3.05) is 13.6 Å². The summed E-state index contributed by atoms with van der Waals surface area (Å²) in [7, 11) is -1.91. The molecule has 0 aliphatic heterocycles. The first-order valence-electron chi connectivity index (χ1n) is 5.51. The molecule has 0 aliphatic rings. The number of aromatic nitrogens is 2. The first-order valence-corrected chi connectivity index (χ1v) is 7.48. The molecule has 1 aromatic rings. The number of aryl methyl sites for hydroxylation is 1. The summed E-state index contributed by atoms with van der Waals surface area (Å²) in [6.07, 6.45) is 1.79. The summed E-state index contributed by atoms with van der Waals surface area (Å²) in [4.78, 5) is 0.214. The van der Waals surface area contributed by atoms with Crippen molar-refractivity contribution in [3.05, 3.63) is 11.4 Å². The highest BCUT2D eigenvalue weighted by atomic mass is 35.5. The fraction of sp³-hybridized carbons (Fsp3) is 0.700. The average Bonchev–Trinajstić information content (AvgIpc) is 2.67. The highest BCUT2D eigenvalue weighted by Crippen LogP contribution is 2.22. The van der Waals surface area contributed by atoms with Gasteiger partial charge in [-0.2, -0.15) is 5.10 Å². The van der Waals surface area contributed by atoms with Gasteiger partial charge in [-0.25, -0.2) is 12.7 Å². The second-order valence-electron chi connectivity index (χ2n) is 3.94. The molecule has 1 aromatic heterocycles. The number of halogens is 1. The van der Waals surface area contributed by atoms with Gasteiger partial charge >= 0.3 is 0 Å². The molecule has 1 N–H and O–H groups in total. The van der Waals surface area contributed by atoms with Gasteiger partial charge in [0.1, 0.15) is 4.90 Å². The predicted molar refractivity (Wildman–Crippen MR) is 67.6 cm³/mol. The molecule has 0 atom stereocenters. The number of nitrogens with zero attached hydrogens (tertiary/aromatic N) is 2. The molecule has 0 fully saturated rings. The quantitative estimate of drug-likeness (QED) is 0.809. The van der Waals surface area contributed by atoms with Crippen LogP contribution in [0.25, 0.3) is 0 Å².